The Kier molecular flexibility index (Phi) is 7.28. The number of amides is 2. The summed E-state index contributed by atoms with van der Waals surface area (Å²) in [4.78, 5) is 40.5. The van der Waals surface area contributed by atoms with Gasteiger partial charge in [0.25, 0.3) is 11.8 Å². The van der Waals surface area contributed by atoms with Gasteiger partial charge >= 0.3 is 6.18 Å². The molecular formula is C18H14ClF3N8O2S. The molecule has 0 aromatic carbocycles. The number of nitrogens with zero attached hydrogens (tertiary/aromatic N) is 6. The van der Waals surface area contributed by atoms with Crippen molar-refractivity contribution < 1.29 is 22.8 Å². The Morgan fingerprint density at radius 3 is 2.58 bits per heavy atom. The quantitative estimate of drug-likeness (QED) is 0.482. The Labute approximate surface area is 193 Å². The van der Waals surface area contributed by atoms with Crippen LogP contribution in [0.3, 0.4) is 0 Å². The fraction of sp³-hybridized carbons (Fsp3) is 0.222. The van der Waals surface area contributed by atoms with Gasteiger partial charge in [0, 0.05) is 19.3 Å². The SMILES string of the molecule is CN=Nc1cc(C(=O)N[C@H](C)c2ncc(C(=O)Nc3cc(C(F)(F)F)c(Cl)cn3)s2)ncn1. The van der Waals surface area contributed by atoms with Crippen LogP contribution >= 0.6 is 22.9 Å². The Balaban J connectivity index is 1.68. The number of halogens is 4. The summed E-state index contributed by atoms with van der Waals surface area (Å²) in [7, 11) is 1.46. The van der Waals surface area contributed by atoms with Crippen molar-refractivity contribution in [1.29, 1.82) is 0 Å². The summed E-state index contributed by atoms with van der Waals surface area (Å²) in [6, 6.07) is 1.39. The predicted octanol–water partition coefficient (Wildman–Crippen LogP) is 4.46. The largest absolute Gasteiger partial charge is 0.418 e. The van der Waals surface area contributed by atoms with Gasteiger partial charge in [-0.05, 0) is 13.0 Å². The number of carbonyl (C=O) groups is 2. The van der Waals surface area contributed by atoms with Crippen LogP contribution in [0.25, 0.3) is 0 Å². The maximum Gasteiger partial charge on any atom is 0.418 e. The molecule has 0 fully saturated rings. The normalized spacial score (nSPS) is 12.5. The summed E-state index contributed by atoms with van der Waals surface area (Å²) < 4.78 is 39.0. The summed E-state index contributed by atoms with van der Waals surface area (Å²) in [5.41, 5.74) is -1.06. The van der Waals surface area contributed by atoms with Crippen LogP contribution in [0.15, 0.2) is 41.1 Å². The van der Waals surface area contributed by atoms with Crippen LogP contribution in [0, 0.1) is 0 Å². The predicted molar refractivity (Wildman–Crippen MR) is 113 cm³/mol. The number of hydrogen-bond donors (Lipinski definition) is 2. The van der Waals surface area contributed by atoms with Crippen LogP contribution in [0.4, 0.5) is 24.8 Å². The molecule has 3 rings (SSSR count). The third-order valence-corrected chi connectivity index (χ3v) is 5.44. The van der Waals surface area contributed by atoms with E-state index in [-0.39, 0.29) is 22.2 Å². The van der Waals surface area contributed by atoms with Gasteiger partial charge in [-0.25, -0.2) is 19.9 Å². The number of alkyl halides is 3. The number of rotatable bonds is 6. The standard InChI is InChI=1S/C18H14ClF3N8O2S/c1-8(28-15(31)11-4-14(30-23-2)27-7-26-11)17-25-6-12(33-17)16(32)29-13-3-9(18(20,21)22)10(19)5-24-13/h3-8H,1-2H3,(H,28,31)(H,24,29,32)/t8-/m1/s1. The van der Waals surface area contributed by atoms with Crippen molar-refractivity contribution in [2.75, 3.05) is 12.4 Å². The summed E-state index contributed by atoms with van der Waals surface area (Å²) in [6.45, 7) is 1.64. The van der Waals surface area contributed by atoms with Gasteiger partial charge in [0.15, 0.2) is 5.82 Å². The number of carbonyl (C=O) groups excluding carboxylic acids is 2. The van der Waals surface area contributed by atoms with E-state index in [2.05, 4.69) is 40.8 Å². The fourth-order valence-electron chi connectivity index (χ4n) is 2.46. The summed E-state index contributed by atoms with van der Waals surface area (Å²) >= 11 is 6.48. The van der Waals surface area contributed by atoms with Gasteiger partial charge in [0.2, 0.25) is 0 Å². The zero-order valence-electron chi connectivity index (χ0n) is 16.9. The molecule has 33 heavy (non-hydrogen) atoms. The number of aromatic nitrogens is 4. The minimum Gasteiger partial charge on any atom is -0.342 e. The molecule has 3 heterocycles. The Morgan fingerprint density at radius 1 is 1.12 bits per heavy atom. The lowest BCUT2D eigenvalue weighted by Gasteiger charge is -2.11. The molecule has 0 saturated heterocycles. The lowest BCUT2D eigenvalue weighted by molar-refractivity contribution is -0.137. The van der Waals surface area contributed by atoms with Crippen molar-refractivity contribution in [3.63, 3.8) is 0 Å². The van der Waals surface area contributed by atoms with Crippen molar-refractivity contribution in [1.82, 2.24) is 25.3 Å². The van der Waals surface area contributed by atoms with Crippen LogP contribution in [0.5, 0.6) is 0 Å². The van der Waals surface area contributed by atoms with Gasteiger partial charge in [-0.15, -0.1) is 16.5 Å². The lowest BCUT2D eigenvalue weighted by Crippen LogP contribution is -2.27. The monoisotopic (exact) mass is 498 g/mol. The summed E-state index contributed by atoms with van der Waals surface area (Å²) in [6.07, 6.45) is -1.49. The Bertz CT molecular complexity index is 1220. The van der Waals surface area contributed by atoms with Gasteiger partial charge in [-0.1, -0.05) is 11.6 Å². The minimum atomic E-state index is -4.70. The first kappa shape index (κ1) is 24.1. The lowest BCUT2D eigenvalue weighted by atomic mass is 10.2. The van der Waals surface area contributed by atoms with E-state index in [9.17, 15) is 22.8 Å². The highest BCUT2D eigenvalue weighted by Gasteiger charge is 2.34. The molecule has 0 spiro atoms. The summed E-state index contributed by atoms with van der Waals surface area (Å²) in [5.74, 6) is -1.35. The van der Waals surface area contributed by atoms with E-state index in [4.69, 9.17) is 11.6 Å². The molecule has 1 atom stereocenters. The molecule has 0 bridgehead atoms. The molecule has 10 nitrogen and oxygen atoms in total. The third kappa shape index (κ3) is 6.04. The average Bonchev–Trinajstić information content (AvgIpc) is 3.25. The molecule has 2 amide bonds. The fourth-order valence-corrected chi connectivity index (χ4v) is 3.48. The summed E-state index contributed by atoms with van der Waals surface area (Å²) in [5, 5.41) is 12.1. The van der Waals surface area contributed by atoms with Gasteiger partial charge < -0.3 is 10.6 Å². The first-order chi connectivity index (χ1) is 15.6. The third-order valence-electron chi connectivity index (χ3n) is 3.96. The van der Waals surface area contributed by atoms with E-state index < -0.39 is 34.6 Å². The van der Waals surface area contributed by atoms with Crippen LogP contribution < -0.4 is 10.6 Å². The van der Waals surface area contributed by atoms with Crippen LogP contribution in [0.1, 0.15) is 43.7 Å². The molecule has 15 heteroatoms. The first-order valence-electron chi connectivity index (χ1n) is 9.01. The first-order valence-corrected chi connectivity index (χ1v) is 10.2. The Hall–Kier alpha value is -3.52. The molecular weight excluding hydrogens is 485 g/mol. The smallest absolute Gasteiger partial charge is 0.342 e. The number of azo groups is 1. The van der Waals surface area contributed by atoms with Crippen molar-refractivity contribution in [2.45, 2.75) is 19.1 Å². The van der Waals surface area contributed by atoms with Crippen molar-refractivity contribution >= 4 is 46.4 Å². The van der Waals surface area contributed by atoms with Crippen molar-refractivity contribution in [2.24, 2.45) is 10.2 Å². The Morgan fingerprint density at radius 2 is 1.88 bits per heavy atom. The number of nitrogens with one attached hydrogen (secondary N) is 2. The van der Waals surface area contributed by atoms with Crippen LogP contribution in [-0.4, -0.2) is 38.8 Å². The van der Waals surface area contributed by atoms with E-state index in [0.717, 1.165) is 17.5 Å². The van der Waals surface area contributed by atoms with Crippen molar-refractivity contribution in [3.05, 3.63) is 57.0 Å². The highest BCUT2D eigenvalue weighted by atomic mass is 35.5. The molecule has 0 aliphatic rings. The zero-order valence-corrected chi connectivity index (χ0v) is 18.5. The second kappa shape index (κ2) is 9.95. The van der Waals surface area contributed by atoms with Gasteiger partial charge in [0.1, 0.15) is 27.7 Å². The minimum absolute atomic E-state index is 0.0584. The van der Waals surface area contributed by atoms with Crippen LogP contribution in [-0.2, 0) is 6.18 Å². The maximum atomic E-state index is 13.0. The van der Waals surface area contributed by atoms with Gasteiger partial charge in [-0.2, -0.15) is 18.3 Å². The molecule has 2 N–H and O–H groups in total. The van der Waals surface area contributed by atoms with Crippen LogP contribution in [0.2, 0.25) is 5.02 Å². The number of hydrogen-bond acceptors (Lipinski definition) is 9. The highest BCUT2D eigenvalue weighted by Crippen LogP contribution is 2.35. The molecule has 0 unspecified atom stereocenters. The van der Waals surface area contributed by atoms with E-state index >= 15 is 0 Å². The number of thiazole rings is 1. The number of anilines is 1. The van der Waals surface area contributed by atoms with E-state index in [1.54, 1.807) is 6.92 Å². The second-order valence-corrected chi connectivity index (χ2v) is 7.79. The number of pyridine rings is 1. The average molecular weight is 499 g/mol. The molecule has 3 aromatic rings. The zero-order chi connectivity index (χ0) is 24.2. The maximum absolute atomic E-state index is 13.0. The second-order valence-electron chi connectivity index (χ2n) is 6.32. The molecule has 0 radical (unpaired) electrons. The molecule has 0 aliphatic heterocycles. The molecule has 0 saturated carbocycles. The van der Waals surface area contributed by atoms with Crippen molar-refractivity contribution in [3.8, 4) is 0 Å². The topological polar surface area (TPSA) is 134 Å². The van der Waals surface area contributed by atoms with Gasteiger partial charge in [0.05, 0.1) is 22.8 Å². The molecule has 172 valence electrons. The highest BCUT2D eigenvalue weighted by molar-refractivity contribution is 7.13. The molecule has 0 aliphatic carbocycles. The molecule has 3 aromatic heterocycles. The van der Waals surface area contributed by atoms with E-state index in [1.165, 1.54) is 25.6 Å². The van der Waals surface area contributed by atoms with Gasteiger partial charge in [-0.3, -0.25) is 9.59 Å². The van der Waals surface area contributed by atoms with E-state index in [0.29, 0.717) is 11.1 Å². The van der Waals surface area contributed by atoms with E-state index in [1.807, 2.05) is 0 Å².